The quantitative estimate of drug-likeness (QED) is 0.339. The van der Waals surface area contributed by atoms with E-state index in [-0.39, 0.29) is 11.4 Å². The van der Waals surface area contributed by atoms with Gasteiger partial charge in [0.05, 0.1) is 22.1 Å². The Hall–Kier alpha value is -3.75. The Kier molecular flexibility index (Phi) is 5.77. The zero-order valence-corrected chi connectivity index (χ0v) is 13.0. The summed E-state index contributed by atoms with van der Waals surface area (Å²) < 4.78 is 5.47. The normalized spacial score (nSPS) is 10.4. The molecule has 2 aromatic carbocycles. The molecule has 0 aromatic heterocycles. The van der Waals surface area contributed by atoms with Crippen LogP contribution in [0.1, 0.15) is 5.56 Å². The van der Waals surface area contributed by atoms with Gasteiger partial charge in [0.15, 0.2) is 0 Å². The van der Waals surface area contributed by atoms with Gasteiger partial charge in [-0.25, -0.2) is 0 Å². The number of nitro groups is 2. The minimum absolute atomic E-state index is 0.0383. The van der Waals surface area contributed by atoms with Gasteiger partial charge in [0.2, 0.25) is 0 Å². The lowest BCUT2D eigenvalue weighted by atomic mass is 10.2. The Morgan fingerprint density at radius 3 is 2.60 bits per heavy atom. The van der Waals surface area contributed by atoms with Crippen molar-refractivity contribution in [3.63, 3.8) is 0 Å². The number of benzene rings is 2. The predicted molar refractivity (Wildman–Crippen MR) is 93.1 cm³/mol. The molecule has 0 aliphatic carbocycles. The van der Waals surface area contributed by atoms with E-state index < -0.39 is 15.5 Å². The maximum Gasteiger partial charge on any atom is 0.301 e. The molecule has 0 fully saturated rings. The van der Waals surface area contributed by atoms with Gasteiger partial charge < -0.3 is 4.74 Å². The van der Waals surface area contributed by atoms with Crippen LogP contribution in [-0.4, -0.2) is 22.7 Å². The zero-order valence-electron chi connectivity index (χ0n) is 13.0. The summed E-state index contributed by atoms with van der Waals surface area (Å²) in [4.78, 5) is 20.4. The number of hydrazone groups is 1. The van der Waals surface area contributed by atoms with Crippen molar-refractivity contribution in [1.82, 2.24) is 0 Å². The second kappa shape index (κ2) is 8.20. The van der Waals surface area contributed by atoms with Crippen molar-refractivity contribution in [3.05, 3.63) is 80.9 Å². The molecule has 128 valence electrons. The Morgan fingerprint density at radius 1 is 1.16 bits per heavy atom. The Balaban J connectivity index is 2.21. The third kappa shape index (κ3) is 4.61. The van der Waals surface area contributed by atoms with Crippen molar-refractivity contribution in [2.24, 2.45) is 5.10 Å². The van der Waals surface area contributed by atoms with Gasteiger partial charge in [-0.05, 0) is 18.2 Å². The van der Waals surface area contributed by atoms with Gasteiger partial charge in [-0.15, -0.1) is 0 Å². The Labute approximate surface area is 142 Å². The highest BCUT2D eigenvalue weighted by molar-refractivity contribution is 5.84. The molecule has 0 spiro atoms. The monoisotopic (exact) mass is 342 g/mol. The van der Waals surface area contributed by atoms with Crippen molar-refractivity contribution in [1.29, 1.82) is 0 Å². The first-order valence-electron chi connectivity index (χ1n) is 7.07. The summed E-state index contributed by atoms with van der Waals surface area (Å²) >= 11 is 0. The van der Waals surface area contributed by atoms with Crippen molar-refractivity contribution in [2.45, 2.75) is 0 Å². The van der Waals surface area contributed by atoms with E-state index in [4.69, 9.17) is 4.74 Å². The number of non-ortho nitro benzene ring substituents is 1. The molecular weight excluding hydrogens is 328 g/mol. The number of rotatable bonds is 8. The molecule has 0 radical (unpaired) electrons. The fourth-order valence-corrected chi connectivity index (χ4v) is 1.92. The number of anilines is 1. The van der Waals surface area contributed by atoms with Crippen LogP contribution in [0.5, 0.6) is 5.75 Å². The van der Waals surface area contributed by atoms with Gasteiger partial charge in [-0.3, -0.25) is 25.7 Å². The summed E-state index contributed by atoms with van der Waals surface area (Å²) in [5.74, 6) is 0.575. The zero-order chi connectivity index (χ0) is 18.2. The van der Waals surface area contributed by atoms with E-state index in [0.717, 1.165) is 12.1 Å². The van der Waals surface area contributed by atoms with Crippen molar-refractivity contribution in [2.75, 3.05) is 12.0 Å². The highest BCUT2D eigenvalue weighted by atomic mass is 16.6. The van der Waals surface area contributed by atoms with Crippen LogP contribution in [0, 0.1) is 20.2 Å². The number of nitrogens with one attached hydrogen (secondary N) is 1. The minimum Gasteiger partial charge on any atom is -0.489 e. The second-order valence-corrected chi connectivity index (χ2v) is 4.72. The first-order chi connectivity index (χ1) is 12.0. The summed E-state index contributed by atoms with van der Waals surface area (Å²) in [6.07, 6.45) is 3.04. The van der Waals surface area contributed by atoms with Crippen LogP contribution < -0.4 is 10.2 Å². The molecule has 0 unspecified atom stereocenters. The van der Waals surface area contributed by atoms with Crippen LogP contribution in [0.2, 0.25) is 0 Å². The number of nitro benzene ring substituents is 2. The second-order valence-electron chi connectivity index (χ2n) is 4.72. The molecule has 0 saturated carbocycles. The van der Waals surface area contributed by atoms with E-state index in [9.17, 15) is 20.2 Å². The molecule has 0 amide bonds. The highest BCUT2D eigenvalue weighted by Crippen LogP contribution is 2.29. The third-order valence-corrected chi connectivity index (χ3v) is 3.05. The molecule has 2 rings (SSSR count). The molecular formula is C16H14N4O5. The number of hydrogen-bond acceptors (Lipinski definition) is 7. The maximum atomic E-state index is 11.1. The van der Waals surface area contributed by atoms with Gasteiger partial charge >= 0.3 is 5.69 Å². The molecule has 0 aliphatic rings. The highest BCUT2D eigenvalue weighted by Gasteiger charge is 2.19. The van der Waals surface area contributed by atoms with E-state index in [1.165, 1.54) is 12.3 Å². The largest absolute Gasteiger partial charge is 0.489 e. The number of para-hydroxylation sites is 1. The van der Waals surface area contributed by atoms with Gasteiger partial charge in [0.25, 0.3) is 5.69 Å². The van der Waals surface area contributed by atoms with Crippen LogP contribution in [0.4, 0.5) is 17.1 Å². The lowest BCUT2D eigenvalue weighted by molar-refractivity contribution is -0.393. The average Bonchev–Trinajstić information content (AvgIpc) is 2.60. The van der Waals surface area contributed by atoms with Crippen molar-refractivity contribution < 1.29 is 14.6 Å². The van der Waals surface area contributed by atoms with E-state index in [2.05, 4.69) is 17.1 Å². The standard InChI is InChI=1S/C16H14N4O5/c1-2-9-25-16-6-4-3-5-12(16)11-17-18-14-8-7-13(19(21)22)10-15(14)20(23)24/h2-8,10-11,18H,1,9H2/b17-11-. The minimum atomic E-state index is -0.716. The fourth-order valence-electron chi connectivity index (χ4n) is 1.92. The topological polar surface area (TPSA) is 120 Å². The molecule has 25 heavy (non-hydrogen) atoms. The molecule has 0 saturated heterocycles. The SMILES string of the molecule is C=CCOc1ccccc1/C=N\Nc1ccc([N+](=O)[O-])cc1[N+](=O)[O-]. The molecule has 0 atom stereocenters. The van der Waals surface area contributed by atoms with E-state index in [1.54, 1.807) is 30.3 Å². The smallest absolute Gasteiger partial charge is 0.301 e. The van der Waals surface area contributed by atoms with Gasteiger partial charge in [0, 0.05) is 11.6 Å². The number of ether oxygens (including phenoxy) is 1. The number of hydrogen-bond donors (Lipinski definition) is 1. The molecule has 9 heteroatoms. The predicted octanol–water partition coefficient (Wildman–Crippen LogP) is 3.51. The lowest BCUT2D eigenvalue weighted by Crippen LogP contribution is -2.00. The fraction of sp³-hybridized carbons (Fsp3) is 0.0625. The molecule has 0 heterocycles. The van der Waals surface area contributed by atoms with Gasteiger partial charge in [-0.1, -0.05) is 24.8 Å². The first kappa shape index (κ1) is 17.6. The van der Waals surface area contributed by atoms with Crippen LogP contribution in [0.15, 0.2) is 60.2 Å². The van der Waals surface area contributed by atoms with E-state index in [1.807, 2.05) is 0 Å². The molecule has 1 N–H and O–H groups in total. The van der Waals surface area contributed by atoms with Gasteiger partial charge in [0.1, 0.15) is 18.0 Å². The maximum absolute atomic E-state index is 11.1. The van der Waals surface area contributed by atoms with Crippen molar-refractivity contribution >= 4 is 23.3 Å². The van der Waals surface area contributed by atoms with Gasteiger partial charge in [-0.2, -0.15) is 5.10 Å². The molecule has 0 aliphatic heterocycles. The summed E-state index contributed by atoms with van der Waals surface area (Å²) in [6.45, 7) is 3.90. The molecule has 0 bridgehead atoms. The summed E-state index contributed by atoms with van der Waals surface area (Å²) in [7, 11) is 0. The molecule has 2 aromatic rings. The van der Waals surface area contributed by atoms with Crippen LogP contribution >= 0.6 is 0 Å². The Bertz CT molecular complexity index is 835. The lowest BCUT2D eigenvalue weighted by Gasteiger charge is -2.06. The summed E-state index contributed by atoms with van der Waals surface area (Å²) in [5, 5.41) is 25.7. The van der Waals surface area contributed by atoms with Crippen LogP contribution in [-0.2, 0) is 0 Å². The summed E-state index contributed by atoms with van der Waals surface area (Å²) in [5.41, 5.74) is 2.40. The van der Waals surface area contributed by atoms with Crippen molar-refractivity contribution in [3.8, 4) is 5.75 Å². The Morgan fingerprint density at radius 2 is 1.92 bits per heavy atom. The van der Waals surface area contributed by atoms with Crippen LogP contribution in [0.25, 0.3) is 0 Å². The first-order valence-corrected chi connectivity index (χ1v) is 7.07. The number of nitrogens with zero attached hydrogens (tertiary/aromatic N) is 3. The van der Waals surface area contributed by atoms with E-state index >= 15 is 0 Å². The average molecular weight is 342 g/mol. The summed E-state index contributed by atoms with van der Waals surface area (Å²) in [6, 6.07) is 10.4. The van der Waals surface area contributed by atoms with E-state index in [0.29, 0.717) is 17.9 Å². The third-order valence-electron chi connectivity index (χ3n) is 3.05. The molecule has 9 nitrogen and oxygen atoms in total. The van der Waals surface area contributed by atoms with Crippen LogP contribution in [0.3, 0.4) is 0 Å².